The molecule has 1 aliphatic rings. The number of halogens is 5. The van der Waals surface area contributed by atoms with Crippen molar-refractivity contribution in [3.63, 3.8) is 0 Å². The Morgan fingerprint density at radius 1 is 1.33 bits per heavy atom. The van der Waals surface area contributed by atoms with E-state index in [0.29, 0.717) is 19.3 Å². The Labute approximate surface area is 132 Å². The molecular formula is C12H16Cl2F3N3O. The van der Waals surface area contributed by atoms with Gasteiger partial charge in [-0.25, -0.2) is 0 Å². The van der Waals surface area contributed by atoms with Crippen molar-refractivity contribution < 1.29 is 18.0 Å². The minimum absolute atomic E-state index is 0. The van der Waals surface area contributed by atoms with Crippen LogP contribution in [-0.2, 0) is 6.18 Å². The van der Waals surface area contributed by atoms with E-state index in [-0.39, 0.29) is 42.5 Å². The number of amides is 1. The van der Waals surface area contributed by atoms with Crippen molar-refractivity contribution in [3.8, 4) is 0 Å². The first-order valence-corrected chi connectivity index (χ1v) is 5.96. The molecule has 1 saturated heterocycles. The van der Waals surface area contributed by atoms with Gasteiger partial charge in [-0.2, -0.15) is 13.2 Å². The first-order valence-electron chi connectivity index (χ1n) is 5.96. The zero-order chi connectivity index (χ0) is 14.0. The standard InChI is InChI=1S/C12H14F3N3O.2ClH/c13-12(14,15)8-3-4-10(17-6-8)11(19)18-5-1-2-9(16)7-18;;/h3-4,6,9H,1-2,5,7,16H2;2*1H/t9-;;/m1../s1. The molecular weight excluding hydrogens is 330 g/mol. The maximum atomic E-state index is 12.4. The summed E-state index contributed by atoms with van der Waals surface area (Å²) in [5.74, 6) is -0.371. The lowest BCUT2D eigenvalue weighted by molar-refractivity contribution is -0.137. The molecule has 0 radical (unpaired) electrons. The minimum Gasteiger partial charge on any atom is -0.336 e. The number of hydrogen-bond donors (Lipinski definition) is 1. The van der Waals surface area contributed by atoms with E-state index in [0.717, 1.165) is 25.0 Å². The Kier molecular flexibility index (Phi) is 7.43. The molecule has 1 atom stereocenters. The highest BCUT2D eigenvalue weighted by Crippen LogP contribution is 2.28. The quantitative estimate of drug-likeness (QED) is 0.850. The van der Waals surface area contributed by atoms with E-state index in [1.165, 1.54) is 4.90 Å². The molecule has 0 bridgehead atoms. The number of alkyl halides is 3. The number of carbonyl (C=O) groups excluding carboxylic acids is 1. The van der Waals surface area contributed by atoms with Gasteiger partial charge in [-0.15, -0.1) is 24.8 Å². The second-order valence-corrected chi connectivity index (χ2v) is 4.58. The average Bonchev–Trinajstić information content (AvgIpc) is 2.37. The van der Waals surface area contributed by atoms with E-state index >= 15 is 0 Å². The number of nitrogens with zero attached hydrogens (tertiary/aromatic N) is 2. The van der Waals surface area contributed by atoms with Crippen LogP contribution in [0.2, 0.25) is 0 Å². The van der Waals surface area contributed by atoms with Crippen molar-refractivity contribution >= 4 is 30.7 Å². The molecule has 1 aromatic rings. The second-order valence-electron chi connectivity index (χ2n) is 4.58. The molecule has 0 unspecified atom stereocenters. The third kappa shape index (κ3) is 5.01. The molecule has 4 nitrogen and oxygen atoms in total. The molecule has 2 rings (SSSR count). The van der Waals surface area contributed by atoms with Crippen molar-refractivity contribution in [2.75, 3.05) is 13.1 Å². The molecule has 21 heavy (non-hydrogen) atoms. The fraction of sp³-hybridized carbons (Fsp3) is 0.500. The summed E-state index contributed by atoms with van der Waals surface area (Å²) in [4.78, 5) is 17.2. The topological polar surface area (TPSA) is 59.2 Å². The van der Waals surface area contributed by atoms with Crippen LogP contribution in [0.15, 0.2) is 18.3 Å². The van der Waals surface area contributed by atoms with Crippen LogP contribution in [-0.4, -0.2) is 34.9 Å². The maximum absolute atomic E-state index is 12.4. The van der Waals surface area contributed by atoms with Crippen molar-refractivity contribution in [1.82, 2.24) is 9.88 Å². The Morgan fingerprint density at radius 2 is 2.00 bits per heavy atom. The van der Waals surface area contributed by atoms with E-state index in [2.05, 4.69) is 4.98 Å². The normalized spacial score (nSPS) is 18.5. The number of hydrogen-bond acceptors (Lipinski definition) is 3. The first-order chi connectivity index (χ1) is 8.88. The van der Waals surface area contributed by atoms with Crippen LogP contribution in [0.25, 0.3) is 0 Å². The van der Waals surface area contributed by atoms with Crippen LogP contribution in [0.4, 0.5) is 13.2 Å². The highest BCUT2D eigenvalue weighted by atomic mass is 35.5. The Morgan fingerprint density at radius 3 is 2.48 bits per heavy atom. The number of rotatable bonds is 1. The number of aromatic nitrogens is 1. The van der Waals surface area contributed by atoms with Crippen molar-refractivity contribution in [2.45, 2.75) is 25.1 Å². The van der Waals surface area contributed by atoms with E-state index in [1.54, 1.807) is 0 Å². The third-order valence-electron chi connectivity index (χ3n) is 3.05. The summed E-state index contributed by atoms with van der Waals surface area (Å²) in [5, 5.41) is 0. The van der Waals surface area contributed by atoms with Gasteiger partial charge in [-0.3, -0.25) is 9.78 Å². The minimum atomic E-state index is -4.44. The SMILES string of the molecule is Cl.Cl.N[C@@H]1CCCN(C(=O)c2ccc(C(F)(F)F)cn2)C1. The lowest BCUT2D eigenvalue weighted by atomic mass is 10.1. The van der Waals surface area contributed by atoms with Crippen molar-refractivity contribution in [3.05, 3.63) is 29.6 Å². The molecule has 9 heteroatoms. The smallest absolute Gasteiger partial charge is 0.336 e. The summed E-state index contributed by atoms with van der Waals surface area (Å²) in [6.45, 7) is 0.983. The summed E-state index contributed by atoms with van der Waals surface area (Å²) in [6, 6.07) is 1.89. The van der Waals surface area contributed by atoms with Gasteiger partial charge in [0.1, 0.15) is 5.69 Å². The molecule has 1 amide bonds. The highest BCUT2D eigenvalue weighted by molar-refractivity contribution is 5.92. The summed E-state index contributed by atoms with van der Waals surface area (Å²) in [7, 11) is 0. The molecule has 1 aliphatic heterocycles. The number of pyridine rings is 1. The van der Waals surface area contributed by atoms with E-state index in [4.69, 9.17) is 5.73 Å². The van der Waals surface area contributed by atoms with Gasteiger partial charge in [0.15, 0.2) is 0 Å². The van der Waals surface area contributed by atoms with E-state index in [1.807, 2.05) is 0 Å². The van der Waals surface area contributed by atoms with E-state index in [9.17, 15) is 18.0 Å². The zero-order valence-electron chi connectivity index (χ0n) is 11.0. The summed E-state index contributed by atoms with van der Waals surface area (Å²) >= 11 is 0. The van der Waals surface area contributed by atoms with Crippen LogP contribution in [0.3, 0.4) is 0 Å². The van der Waals surface area contributed by atoms with Gasteiger partial charge < -0.3 is 10.6 Å². The second kappa shape index (κ2) is 7.82. The molecule has 1 fully saturated rings. The van der Waals surface area contributed by atoms with Gasteiger partial charge in [-0.05, 0) is 25.0 Å². The zero-order valence-corrected chi connectivity index (χ0v) is 12.6. The van der Waals surface area contributed by atoms with Gasteiger partial charge in [-0.1, -0.05) is 0 Å². The van der Waals surface area contributed by atoms with Gasteiger partial charge >= 0.3 is 6.18 Å². The summed E-state index contributed by atoms with van der Waals surface area (Å²) in [6.07, 6.45) is -2.11. The van der Waals surface area contributed by atoms with Crippen molar-refractivity contribution in [2.24, 2.45) is 5.73 Å². The lowest BCUT2D eigenvalue weighted by Gasteiger charge is -2.30. The van der Waals surface area contributed by atoms with Gasteiger partial charge in [0.05, 0.1) is 5.56 Å². The Bertz CT molecular complexity index is 468. The van der Waals surface area contributed by atoms with Crippen LogP contribution in [0.1, 0.15) is 28.9 Å². The Balaban J connectivity index is 0.00000200. The number of nitrogens with two attached hydrogens (primary N) is 1. The largest absolute Gasteiger partial charge is 0.417 e. The Hall–Kier alpha value is -1.05. The molecule has 0 aromatic carbocycles. The highest BCUT2D eigenvalue weighted by Gasteiger charge is 2.31. The molecule has 120 valence electrons. The monoisotopic (exact) mass is 345 g/mol. The van der Waals surface area contributed by atoms with E-state index < -0.39 is 11.7 Å². The molecule has 1 aromatic heterocycles. The fourth-order valence-corrected chi connectivity index (χ4v) is 2.04. The third-order valence-corrected chi connectivity index (χ3v) is 3.05. The van der Waals surface area contributed by atoms with Crippen LogP contribution in [0.5, 0.6) is 0 Å². The number of carbonyl (C=O) groups is 1. The van der Waals surface area contributed by atoms with Gasteiger partial charge in [0, 0.05) is 25.3 Å². The molecule has 2 heterocycles. The molecule has 0 spiro atoms. The lowest BCUT2D eigenvalue weighted by Crippen LogP contribution is -2.45. The fourth-order valence-electron chi connectivity index (χ4n) is 2.04. The molecule has 0 saturated carbocycles. The summed E-state index contributed by atoms with van der Waals surface area (Å²) < 4.78 is 37.1. The average molecular weight is 346 g/mol. The van der Waals surface area contributed by atoms with Crippen molar-refractivity contribution in [1.29, 1.82) is 0 Å². The first kappa shape index (κ1) is 19.9. The van der Waals surface area contributed by atoms with Gasteiger partial charge in [0.25, 0.3) is 5.91 Å². The predicted octanol–water partition coefficient (Wildman–Crippen LogP) is 2.51. The molecule has 2 N–H and O–H groups in total. The number of piperidine rings is 1. The number of likely N-dealkylation sites (tertiary alicyclic amines) is 1. The predicted molar refractivity (Wildman–Crippen MR) is 76.8 cm³/mol. The van der Waals surface area contributed by atoms with Crippen LogP contribution in [0, 0.1) is 0 Å². The maximum Gasteiger partial charge on any atom is 0.417 e. The van der Waals surface area contributed by atoms with Crippen LogP contribution >= 0.6 is 24.8 Å². The summed E-state index contributed by atoms with van der Waals surface area (Å²) in [5.41, 5.74) is 4.91. The van der Waals surface area contributed by atoms with Gasteiger partial charge in [0.2, 0.25) is 0 Å². The van der Waals surface area contributed by atoms with Crippen LogP contribution < -0.4 is 5.73 Å². The molecule has 0 aliphatic carbocycles.